The molecule has 0 heterocycles. The van der Waals surface area contributed by atoms with Crippen molar-refractivity contribution >= 4 is 0 Å². The van der Waals surface area contributed by atoms with E-state index in [4.69, 9.17) is 0 Å². The number of aryl methyl sites for hydroxylation is 2. The summed E-state index contributed by atoms with van der Waals surface area (Å²) in [7, 11) is 0. The van der Waals surface area contributed by atoms with Crippen LogP contribution in [0.1, 0.15) is 76.3 Å². The van der Waals surface area contributed by atoms with Crippen LogP contribution in [0.15, 0.2) is 48.5 Å². The molecule has 24 heavy (non-hydrogen) atoms. The van der Waals surface area contributed by atoms with E-state index >= 15 is 0 Å². The molecule has 2 rings (SSSR count). The molecule has 0 amide bonds. The Bertz CT molecular complexity index is 548. The lowest BCUT2D eigenvalue weighted by Gasteiger charge is -2.06. The maximum atomic E-state index is 2.31. The van der Waals surface area contributed by atoms with Crippen LogP contribution in [-0.2, 0) is 12.8 Å². The summed E-state index contributed by atoms with van der Waals surface area (Å²) in [6, 6.07) is 18.3. The van der Waals surface area contributed by atoms with Gasteiger partial charge >= 0.3 is 0 Å². The molecule has 0 bridgehead atoms. The highest BCUT2D eigenvalue weighted by atomic mass is 14.1. The van der Waals surface area contributed by atoms with Crippen molar-refractivity contribution in [2.45, 2.75) is 78.1 Å². The monoisotopic (exact) mass is 322 g/mol. The molecule has 0 nitrogen and oxygen atoms in total. The minimum atomic E-state index is 1.20. The molecule has 0 saturated heterocycles. The molecule has 2 aromatic carbocycles. The summed E-state index contributed by atoms with van der Waals surface area (Å²) in [6.45, 7) is 4.53. The predicted octanol–water partition coefficient (Wildman–Crippen LogP) is 7.60. The maximum absolute atomic E-state index is 2.31. The fraction of sp³-hybridized carbons (Fsp3) is 0.500. The molecule has 0 aliphatic heterocycles. The third kappa shape index (κ3) is 6.51. The summed E-state index contributed by atoms with van der Waals surface area (Å²) in [5.74, 6) is 0. The summed E-state index contributed by atoms with van der Waals surface area (Å²) in [4.78, 5) is 0. The molecule has 0 aromatic heterocycles. The first kappa shape index (κ1) is 18.8. The normalized spacial score (nSPS) is 10.9. The average molecular weight is 323 g/mol. The standard InChI is InChI=1S/C24H34/c1-3-5-7-8-9-10-12-22-15-19-24(20-16-22)23-17-13-21(14-18-23)11-6-4-2/h13-20H,3-12H2,1-2H3. The van der Waals surface area contributed by atoms with E-state index in [0.717, 1.165) is 0 Å². The van der Waals surface area contributed by atoms with Crippen LogP contribution in [0.25, 0.3) is 11.1 Å². The van der Waals surface area contributed by atoms with Crippen LogP contribution in [0.5, 0.6) is 0 Å². The Balaban J connectivity index is 1.80. The first-order valence-corrected chi connectivity index (χ1v) is 10.0. The second kappa shape index (κ2) is 11.1. The zero-order valence-electron chi connectivity index (χ0n) is 15.7. The van der Waals surface area contributed by atoms with Crippen LogP contribution >= 0.6 is 0 Å². The summed E-state index contributed by atoms with van der Waals surface area (Å²) in [5.41, 5.74) is 5.61. The van der Waals surface area contributed by atoms with E-state index in [1.807, 2.05) is 0 Å². The van der Waals surface area contributed by atoms with E-state index in [0.29, 0.717) is 0 Å². The fourth-order valence-corrected chi connectivity index (χ4v) is 3.22. The second-order valence-corrected chi connectivity index (χ2v) is 7.02. The molecule has 0 aliphatic carbocycles. The van der Waals surface area contributed by atoms with E-state index in [1.165, 1.54) is 86.5 Å². The molecule has 0 heteroatoms. The minimum absolute atomic E-state index is 1.20. The van der Waals surface area contributed by atoms with Crippen molar-refractivity contribution in [1.82, 2.24) is 0 Å². The van der Waals surface area contributed by atoms with Crippen LogP contribution in [0, 0.1) is 0 Å². The van der Waals surface area contributed by atoms with Crippen LogP contribution in [0.3, 0.4) is 0 Å². The first-order valence-electron chi connectivity index (χ1n) is 10.0. The summed E-state index contributed by atoms with van der Waals surface area (Å²) in [6.07, 6.45) is 13.2. The van der Waals surface area contributed by atoms with Gasteiger partial charge in [0.25, 0.3) is 0 Å². The molecule has 0 fully saturated rings. The largest absolute Gasteiger partial charge is 0.0654 e. The lowest BCUT2D eigenvalue weighted by atomic mass is 9.99. The van der Waals surface area contributed by atoms with E-state index in [9.17, 15) is 0 Å². The highest BCUT2D eigenvalue weighted by Crippen LogP contribution is 2.21. The smallest absolute Gasteiger partial charge is 0.0184 e. The molecule has 0 spiro atoms. The zero-order valence-corrected chi connectivity index (χ0v) is 15.7. The van der Waals surface area contributed by atoms with Crippen molar-refractivity contribution in [3.63, 3.8) is 0 Å². The van der Waals surface area contributed by atoms with Gasteiger partial charge in [0.05, 0.1) is 0 Å². The Labute approximate surface area is 149 Å². The van der Waals surface area contributed by atoms with Crippen molar-refractivity contribution in [3.05, 3.63) is 59.7 Å². The van der Waals surface area contributed by atoms with Gasteiger partial charge in [0.2, 0.25) is 0 Å². The number of unbranched alkanes of at least 4 members (excludes halogenated alkanes) is 6. The van der Waals surface area contributed by atoms with Crippen molar-refractivity contribution in [3.8, 4) is 11.1 Å². The summed E-state index contributed by atoms with van der Waals surface area (Å²) in [5, 5.41) is 0. The highest BCUT2D eigenvalue weighted by Gasteiger charge is 2.00. The molecule has 0 N–H and O–H groups in total. The molecule has 0 saturated carbocycles. The molecule has 0 aliphatic rings. The Kier molecular flexibility index (Phi) is 8.66. The lowest BCUT2D eigenvalue weighted by Crippen LogP contribution is -1.88. The van der Waals surface area contributed by atoms with Crippen molar-refractivity contribution in [2.24, 2.45) is 0 Å². The van der Waals surface area contributed by atoms with Gasteiger partial charge < -0.3 is 0 Å². The topological polar surface area (TPSA) is 0 Å². The number of hydrogen-bond donors (Lipinski definition) is 0. The van der Waals surface area contributed by atoms with Gasteiger partial charge in [-0.25, -0.2) is 0 Å². The van der Waals surface area contributed by atoms with Crippen molar-refractivity contribution in [1.29, 1.82) is 0 Å². The Morgan fingerprint density at radius 2 is 0.875 bits per heavy atom. The molecule has 130 valence electrons. The third-order valence-corrected chi connectivity index (χ3v) is 4.88. The Morgan fingerprint density at radius 1 is 0.458 bits per heavy atom. The number of hydrogen-bond acceptors (Lipinski definition) is 0. The third-order valence-electron chi connectivity index (χ3n) is 4.88. The SMILES string of the molecule is CCCCCCCCc1ccc(-c2ccc(CCCC)cc2)cc1. The lowest BCUT2D eigenvalue weighted by molar-refractivity contribution is 0.607. The average Bonchev–Trinajstić information content (AvgIpc) is 2.64. The van der Waals surface area contributed by atoms with Crippen LogP contribution < -0.4 is 0 Å². The molecule has 0 unspecified atom stereocenters. The van der Waals surface area contributed by atoms with Gasteiger partial charge in [0, 0.05) is 0 Å². The molecular weight excluding hydrogens is 288 g/mol. The maximum Gasteiger partial charge on any atom is -0.0184 e. The zero-order chi connectivity index (χ0) is 17.0. The van der Waals surface area contributed by atoms with Crippen LogP contribution in [0.2, 0.25) is 0 Å². The van der Waals surface area contributed by atoms with Gasteiger partial charge in [-0.2, -0.15) is 0 Å². The Morgan fingerprint density at radius 3 is 1.38 bits per heavy atom. The summed E-state index contributed by atoms with van der Waals surface area (Å²) >= 11 is 0. The van der Waals surface area contributed by atoms with Gasteiger partial charge in [-0.1, -0.05) is 101 Å². The van der Waals surface area contributed by atoms with E-state index in [1.54, 1.807) is 0 Å². The molecule has 0 atom stereocenters. The van der Waals surface area contributed by atoms with Crippen molar-refractivity contribution < 1.29 is 0 Å². The number of benzene rings is 2. The van der Waals surface area contributed by atoms with Gasteiger partial charge in [-0.05, 0) is 47.9 Å². The van der Waals surface area contributed by atoms with Gasteiger partial charge in [-0.15, -0.1) is 0 Å². The molecular formula is C24H34. The van der Waals surface area contributed by atoms with Crippen LogP contribution in [-0.4, -0.2) is 0 Å². The predicted molar refractivity (Wildman–Crippen MR) is 108 cm³/mol. The Hall–Kier alpha value is -1.56. The van der Waals surface area contributed by atoms with E-state index < -0.39 is 0 Å². The summed E-state index contributed by atoms with van der Waals surface area (Å²) < 4.78 is 0. The second-order valence-electron chi connectivity index (χ2n) is 7.02. The minimum Gasteiger partial charge on any atom is -0.0654 e. The van der Waals surface area contributed by atoms with Crippen LogP contribution in [0.4, 0.5) is 0 Å². The number of rotatable bonds is 11. The van der Waals surface area contributed by atoms with E-state index in [-0.39, 0.29) is 0 Å². The van der Waals surface area contributed by atoms with Gasteiger partial charge in [0.1, 0.15) is 0 Å². The first-order chi connectivity index (χ1) is 11.8. The van der Waals surface area contributed by atoms with Gasteiger partial charge in [0.15, 0.2) is 0 Å². The van der Waals surface area contributed by atoms with Gasteiger partial charge in [-0.3, -0.25) is 0 Å². The van der Waals surface area contributed by atoms with E-state index in [2.05, 4.69) is 62.4 Å². The molecule has 0 radical (unpaired) electrons. The highest BCUT2D eigenvalue weighted by molar-refractivity contribution is 5.63. The van der Waals surface area contributed by atoms with Crippen molar-refractivity contribution in [2.75, 3.05) is 0 Å². The molecule has 2 aromatic rings. The fourth-order valence-electron chi connectivity index (χ4n) is 3.22. The quantitative estimate of drug-likeness (QED) is 0.374.